The number of piperidine rings is 1. The highest BCUT2D eigenvalue weighted by molar-refractivity contribution is 5.93. The van der Waals surface area contributed by atoms with Crippen LogP contribution in [-0.4, -0.2) is 55.0 Å². The third-order valence-electron chi connectivity index (χ3n) is 4.69. The number of hydrogen-bond acceptors (Lipinski definition) is 4. The fraction of sp³-hybridized carbons (Fsp3) is 0.611. The van der Waals surface area contributed by atoms with Crippen LogP contribution in [0.15, 0.2) is 24.5 Å². The number of aromatic nitrogens is 1. The van der Waals surface area contributed by atoms with Gasteiger partial charge in [0.25, 0.3) is 5.91 Å². The summed E-state index contributed by atoms with van der Waals surface area (Å²) in [5, 5.41) is 2.88. The van der Waals surface area contributed by atoms with E-state index in [0.29, 0.717) is 50.1 Å². The summed E-state index contributed by atoms with van der Waals surface area (Å²) in [4.78, 5) is 30.5. The number of nitrogens with one attached hydrogen (secondary N) is 1. The van der Waals surface area contributed by atoms with E-state index in [-0.39, 0.29) is 11.8 Å². The van der Waals surface area contributed by atoms with Gasteiger partial charge >= 0.3 is 0 Å². The fourth-order valence-corrected chi connectivity index (χ4v) is 3.27. The van der Waals surface area contributed by atoms with E-state index in [4.69, 9.17) is 4.74 Å². The predicted molar refractivity (Wildman–Crippen MR) is 91.5 cm³/mol. The lowest BCUT2D eigenvalue weighted by Crippen LogP contribution is -2.45. The number of rotatable bonds is 7. The maximum Gasteiger partial charge on any atom is 0.255 e. The summed E-state index contributed by atoms with van der Waals surface area (Å²) in [6.45, 7) is 4.60. The topological polar surface area (TPSA) is 71.5 Å². The zero-order chi connectivity index (χ0) is 17.4. The largest absolute Gasteiger partial charge is 0.383 e. The Morgan fingerprint density at radius 1 is 1.42 bits per heavy atom. The number of methoxy groups -OCH3 is 1. The third kappa shape index (κ3) is 5.03. The highest BCUT2D eigenvalue weighted by atomic mass is 16.5. The number of carbonyl (C=O) groups is 2. The maximum absolute atomic E-state index is 12.6. The van der Waals surface area contributed by atoms with Gasteiger partial charge in [-0.3, -0.25) is 14.6 Å². The van der Waals surface area contributed by atoms with Crippen molar-refractivity contribution in [2.45, 2.75) is 26.2 Å². The number of hydrogen-bond donors (Lipinski definition) is 1. The highest BCUT2D eigenvalue weighted by Crippen LogP contribution is 2.29. The van der Waals surface area contributed by atoms with Crippen molar-refractivity contribution in [3.63, 3.8) is 0 Å². The van der Waals surface area contributed by atoms with E-state index in [2.05, 4.69) is 17.2 Å². The van der Waals surface area contributed by atoms with Gasteiger partial charge < -0.3 is 15.0 Å². The minimum Gasteiger partial charge on any atom is -0.383 e. The molecule has 1 N–H and O–H groups in total. The zero-order valence-corrected chi connectivity index (χ0v) is 14.5. The molecule has 0 spiro atoms. The van der Waals surface area contributed by atoms with Crippen molar-refractivity contribution < 1.29 is 14.3 Å². The Bertz CT molecular complexity index is 536. The van der Waals surface area contributed by atoms with Crippen LogP contribution in [0.3, 0.4) is 0 Å². The average Bonchev–Trinajstić information content (AvgIpc) is 2.62. The number of carbonyl (C=O) groups excluding carboxylic acids is 2. The van der Waals surface area contributed by atoms with Gasteiger partial charge in [0.15, 0.2) is 0 Å². The van der Waals surface area contributed by atoms with Crippen LogP contribution in [0.1, 0.15) is 36.5 Å². The van der Waals surface area contributed by atoms with Crippen LogP contribution in [0.4, 0.5) is 0 Å². The molecule has 2 atom stereocenters. The molecular formula is C18H27N3O3. The Labute approximate surface area is 143 Å². The first-order valence-corrected chi connectivity index (χ1v) is 8.60. The summed E-state index contributed by atoms with van der Waals surface area (Å²) < 4.78 is 4.94. The first-order chi connectivity index (χ1) is 11.7. The monoisotopic (exact) mass is 333 g/mol. The van der Waals surface area contributed by atoms with Crippen LogP contribution in [0.5, 0.6) is 0 Å². The first-order valence-electron chi connectivity index (χ1n) is 8.60. The van der Waals surface area contributed by atoms with E-state index in [0.717, 1.165) is 12.8 Å². The standard InChI is InChI=1S/C18H27N3O3/c1-3-14-13-21(18(23)16-5-4-7-19-12-16)9-6-15(14)11-17(22)20-8-10-24-2/h4-5,7,12,14-15H,3,6,8-11,13H2,1-2H3,(H,20,22)/t14-,15-/m0/s1. The van der Waals surface area contributed by atoms with Crippen LogP contribution in [0.25, 0.3) is 0 Å². The minimum absolute atomic E-state index is 0.0320. The molecule has 2 amide bonds. The molecule has 2 heterocycles. The number of likely N-dealkylation sites (tertiary alicyclic amines) is 1. The highest BCUT2D eigenvalue weighted by Gasteiger charge is 2.32. The van der Waals surface area contributed by atoms with Gasteiger partial charge in [0.05, 0.1) is 12.2 Å². The number of pyridine rings is 1. The van der Waals surface area contributed by atoms with Gasteiger partial charge in [0.1, 0.15) is 0 Å². The SMILES string of the molecule is CC[C@H]1CN(C(=O)c2cccnc2)CC[C@H]1CC(=O)NCCOC. The molecule has 0 bridgehead atoms. The van der Waals surface area contributed by atoms with Crippen molar-refractivity contribution in [2.24, 2.45) is 11.8 Å². The van der Waals surface area contributed by atoms with Crippen molar-refractivity contribution in [2.75, 3.05) is 33.4 Å². The molecule has 2 rings (SSSR count). The molecule has 1 aromatic rings. The van der Waals surface area contributed by atoms with Crippen molar-refractivity contribution in [1.29, 1.82) is 0 Å². The number of ether oxygens (including phenoxy) is 1. The molecule has 1 fully saturated rings. The molecule has 0 aliphatic carbocycles. The van der Waals surface area contributed by atoms with Crippen molar-refractivity contribution >= 4 is 11.8 Å². The van der Waals surface area contributed by atoms with Gasteiger partial charge in [-0.15, -0.1) is 0 Å². The summed E-state index contributed by atoms with van der Waals surface area (Å²) >= 11 is 0. The van der Waals surface area contributed by atoms with Crippen LogP contribution in [0, 0.1) is 11.8 Å². The lowest BCUT2D eigenvalue weighted by Gasteiger charge is -2.38. The Kier molecular flexibility index (Phi) is 7.18. The number of amides is 2. The van der Waals surface area contributed by atoms with E-state index < -0.39 is 0 Å². The predicted octanol–water partition coefficient (Wildman–Crippen LogP) is 1.72. The van der Waals surface area contributed by atoms with E-state index in [9.17, 15) is 9.59 Å². The summed E-state index contributed by atoms with van der Waals surface area (Å²) in [5.74, 6) is 0.787. The fourth-order valence-electron chi connectivity index (χ4n) is 3.27. The third-order valence-corrected chi connectivity index (χ3v) is 4.69. The Hall–Kier alpha value is -1.95. The van der Waals surface area contributed by atoms with Gasteiger partial charge in [-0.2, -0.15) is 0 Å². The average molecular weight is 333 g/mol. The van der Waals surface area contributed by atoms with E-state index in [1.807, 2.05) is 4.90 Å². The second kappa shape index (κ2) is 9.37. The number of nitrogens with zero attached hydrogens (tertiary/aromatic N) is 2. The molecule has 6 heteroatoms. The molecule has 24 heavy (non-hydrogen) atoms. The molecule has 1 aromatic heterocycles. The lowest BCUT2D eigenvalue weighted by atomic mass is 9.81. The Balaban J connectivity index is 1.89. The smallest absolute Gasteiger partial charge is 0.255 e. The molecule has 6 nitrogen and oxygen atoms in total. The normalized spacial score (nSPS) is 20.7. The van der Waals surface area contributed by atoms with Gasteiger partial charge in [-0.1, -0.05) is 13.3 Å². The van der Waals surface area contributed by atoms with Gasteiger partial charge in [-0.05, 0) is 30.4 Å². The van der Waals surface area contributed by atoms with Crippen molar-refractivity contribution in [1.82, 2.24) is 15.2 Å². The molecule has 0 saturated carbocycles. The van der Waals surface area contributed by atoms with Crippen LogP contribution in [-0.2, 0) is 9.53 Å². The van der Waals surface area contributed by atoms with Crippen molar-refractivity contribution in [3.8, 4) is 0 Å². The molecule has 132 valence electrons. The maximum atomic E-state index is 12.6. The molecule has 1 saturated heterocycles. The van der Waals surface area contributed by atoms with E-state index in [1.54, 1.807) is 31.6 Å². The molecule has 0 aromatic carbocycles. The summed E-state index contributed by atoms with van der Waals surface area (Å²) in [5.41, 5.74) is 0.628. The molecule has 1 aliphatic rings. The summed E-state index contributed by atoms with van der Waals surface area (Å²) in [6.07, 6.45) is 5.63. The van der Waals surface area contributed by atoms with E-state index in [1.165, 1.54) is 0 Å². The van der Waals surface area contributed by atoms with Gasteiger partial charge in [0.2, 0.25) is 5.91 Å². The van der Waals surface area contributed by atoms with Gasteiger partial charge in [0, 0.05) is 45.6 Å². The van der Waals surface area contributed by atoms with Crippen LogP contribution < -0.4 is 5.32 Å². The van der Waals surface area contributed by atoms with Crippen LogP contribution in [0.2, 0.25) is 0 Å². The first kappa shape index (κ1) is 18.4. The van der Waals surface area contributed by atoms with Gasteiger partial charge in [-0.25, -0.2) is 0 Å². The molecule has 0 unspecified atom stereocenters. The minimum atomic E-state index is 0.0320. The quantitative estimate of drug-likeness (QED) is 0.771. The van der Waals surface area contributed by atoms with Crippen molar-refractivity contribution in [3.05, 3.63) is 30.1 Å². The molecular weight excluding hydrogens is 306 g/mol. The van der Waals surface area contributed by atoms with Crippen LogP contribution >= 0.6 is 0 Å². The lowest BCUT2D eigenvalue weighted by molar-refractivity contribution is -0.123. The molecule has 0 radical (unpaired) electrons. The Morgan fingerprint density at radius 3 is 2.92 bits per heavy atom. The Morgan fingerprint density at radius 2 is 2.25 bits per heavy atom. The second-order valence-corrected chi connectivity index (χ2v) is 6.26. The summed E-state index contributed by atoms with van der Waals surface area (Å²) in [7, 11) is 1.62. The van der Waals surface area contributed by atoms with E-state index >= 15 is 0 Å². The summed E-state index contributed by atoms with van der Waals surface area (Å²) in [6, 6.07) is 3.58. The second-order valence-electron chi connectivity index (χ2n) is 6.26. The molecule has 1 aliphatic heterocycles. The zero-order valence-electron chi connectivity index (χ0n) is 14.5.